The molecule has 0 spiro atoms. The topological polar surface area (TPSA) is 55.8 Å². The van der Waals surface area contributed by atoms with Gasteiger partial charge >= 0.3 is 5.97 Å². The smallest absolute Gasteiger partial charge is 0.302 e. The zero-order chi connectivity index (χ0) is 19.9. The van der Waals surface area contributed by atoms with Gasteiger partial charge in [0.1, 0.15) is 0 Å². The number of carbonyl (C=O) groups excluding carboxylic acids is 1. The molecule has 0 heterocycles. The van der Waals surface area contributed by atoms with E-state index >= 15 is 0 Å². The van der Waals surface area contributed by atoms with Crippen molar-refractivity contribution in [1.29, 1.82) is 0 Å². The Kier molecular flexibility index (Phi) is 7.36. The van der Waals surface area contributed by atoms with E-state index in [0.717, 1.165) is 0 Å². The fourth-order valence-corrected chi connectivity index (χ4v) is 8.00. The highest BCUT2D eigenvalue weighted by molar-refractivity contribution is 6.99. The van der Waals surface area contributed by atoms with Crippen LogP contribution in [0.2, 0.25) is 5.04 Å². The lowest BCUT2D eigenvalue weighted by molar-refractivity contribution is -0.141. The normalized spacial score (nSPS) is 13.2. The Morgan fingerprint density at radius 2 is 1.48 bits per heavy atom. The van der Waals surface area contributed by atoms with Gasteiger partial charge in [-0.2, -0.15) is 0 Å². The average Bonchev–Trinajstić information content (AvgIpc) is 2.62. The van der Waals surface area contributed by atoms with Crippen LogP contribution < -0.4 is 10.4 Å². The Bertz CT molecular complexity index is 671. The number of aliphatic hydroxyl groups is 1. The number of hydrogen-bond donors (Lipinski definition) is 1. The predicted octanol–water partition coefficient (Wildman–Crippen LogP) is 2.88. The lowest BCUT2D eigenvalue weighted by atomic mass is 10.2. The summed E-state index contributed by atoms with van der Waals surface area (Å²) in [6.45, 7) is 8.36. The molecule has 0 aliphatic heterocycles. The summed E-state index contributed by atoms with van der Waals surface area (Å²) in [6.07, 6.45) is -0.330. The number of esters is 1. The molecule has 2 aromatic rings. The summed E-state index contributed by atoms with van der Waals surface area (Å²) in [5.41, 5.74) is 0. The van der Waals surface area contributed by atoms with Gasteiger partial charge in [-0.3, -0.25) is 4.79 Å². The van der Waals surface area contributed by atoms with Crippen LogP contribution in [0.3, 0.4) is 0 Å². The van der Waals surface area contributed by atoms with Crippen molar-refractivity contribution in [1.82, 2.24) is 0 Å². The first kappa shape index (κ1) is 21.3. The van der Waals surface area contributed by atoms with Gasteiger partial charge in [-0.1, -0.05) is 81.4 Å². The second kappa shape index (κ2) is 9.31. The number of rotatable bonds is 8. The third kappa shape index (κ3) is 5.28. The minimum Gasteiger partial charge on any atom is -0.466 e. The molecular weight excluding hydrogens is 356 g/mol. The SMILES string of the molecule is CC(=O)OCCC(O)CO[Si](c1ccccc1)(c1ccccc1)C(C)(C)C. The molecule has 0 aromatic heterocycles. The van der Waals surface area contributed by atoms with Gasteiger partial charge in [0.25, 0.3) is 8.32 Å². The van der Waals surface area contributed by atoms with Gasteiger partial charge in [-0.05, 0) is 15.4 Å². The van der Waals surface area contributed by atoms with Crippen molar-refractivity contribution in [3.63, 3.8) is 0 Å². The minimum atomic E-state index is -2.64. The van der Waals surface area contributed by atoms with Crippen LogP contribution in [0, 0.1) is 0 Å². The van der Waals surface area contributed by atoms with E-state index in [-0.39, 0.29) is 24.2 Å². The van der Waals surface area contributed by atoms with Crippen molar-refractivity contribution < 1.29 is 19.1 Å². The quantitative estimate of drug-likeness (QED) is 0.560. The van der Waals surface area contributed by atoms with Gasteiger partial charge in [0.05, 0.1) is 19.3 Å². The number of aliphatic hydroxyl groups excluding tert-OH is 1. The van der Waals surface area contributed by atoms with E-state index in [0.29, 0.717) is 6.42 Å². The molecule has 0 aliphatic rings. The van der Waals surface area contributed by atoms with E-state index < -0.39 is 14.4 Å². The van der Waals surface area contributed by atoms with E-state index in [4.69, 9.17) is 9.16 Å². The van der Waals surface area contributed by atoms with Crippen molar-refractivity contribution in [2.24, 2.45) is 0 Å². The molecule has 0 bridgehead atoms. The van der Waals surface area contributed by atoms with Crippen LogP contribution in [-0.4, -0.2) is 38.7 Å². The fraction of sp³-hybridized carbons (Fsp3) is 0.409. The molecule has 146 valence electrons. The molecule has 1 unspecified atom stereocenters. The van der Waals surface area contributed by atoms with Crippen molar-refractivity contribution in [2.75, 3.05) is 13.2 Å². The monoisotopic (exact) mass is 386 g/mol. The summed E-state index contributed by atoms with van der Waals surface area (Å²) < 4.78 is 11.6. The summed E-state index contributed by atoms with van der Waals surface area (Å²) in [5.74, 6) is -0.338. The molecule has 27 heavy (non-hydrogen) atoms. The summed E-state index contributed by atoms with van der Waals surface area (Å²) in [5, 5.41) is 12.6. The number of benzene rings is 2. The van der Waals surface area contributed by atoms with E-state index in [2.05, 4.69) is 45.0 Å². The van der Waals surface area contributed by atoms with Crippen LogP contribution in [0.25, 0.3) is 0 Å². The van der Waals surface area contributed by atoms with E-state index in [1.165, 1.54) is 17.3 Å². The Hall–Kier alpha value is -1.95. The van der Waals surface area contributed by atoms with Crippen LogP contribution in [0.5, 0.6) is 0 Å². The van der Waals surface area contributed by atoms with Crippen LogP contribution in [-0.2, 0) is 14.0 Å². The number of carbonyl (C=O) groups is 1. The second-order valence-electron chi connectivity index (χ2n) is 7.76. The molecule has 4 nitrogen and oxygen atoms in total. The van der Waals surface area contributed by atoms with Crippen molar-refractivity contribution in [2.45, 2.75) is 45.3 Å². The first-order valence-electron chi connectivity index (χ1n) is 9.34. The molecule has 5 heteroatoms. The van der Waals surface area contributed by atoms with Gasteiger partial charge in [0, 0.05) is 13.3 Å². The van der Waals surface area contributed by atoms with E-state index in [9.17, 15) is 9.90 Å². The van der Waals surface area contributed by atoms with Crippen LogP contribution in [0.15, 0.2) is 60.7 Å². The molecule has 0 amide bonds. The summed E-state index contributed by atoms with van der Waals surface area (Å²) >= 11 is 0. The fourth-order valence-electron chi connectivity index (χ4n) is 3.40. The Labute approximate surface area is 163 Å². The summed E-state index contributed by atoms with van der Waals surface area (Å²) in [6, 6.07) is 20.6. The molecule has 0 aliphatic carbocycles. The maximum absolute atomic E-state index is 10.9. The Morgan fingerprint density at radius 3 is 1.89 bits per heavy atom. The van der Waals surface area contributed by atoms with Gasteiger partial charge < -0.3 is 14.3 Å². The molecular formula is C22H30O4Si. The van der Waals surface area contributed by atoms with Gasteiger partial charge in [-0.15, -0.1) is 0 Å². The van der Waals surface area contributed by atoms with Gasteiger partial charge in [0.2, 0.25) is 0 Å². The highest BCUT2D eigenvalue weighted by Crippen LogP contribution is 2.36. The predicted molar refractivity (Wildman–Crippen MR) is 111 cm³/mol. The van der Waals surface area contributed by atoms with E-state index in [1.807, 2.05) is 36.4 Å². The van der Waals surface area contributed by atoms with E-state index in [1.54, 1.807) is 0 Å². The van der Waals surface area contributed by atoms with Crippen LogP contribution in [0.1, 0.15) is 34.1 Å². The van der Waals surface area contributed by atoms with Crippen LogP contribution >= 0.6 is 0 Å². The molecule has 0 saturated heterocycles. The van der Waals surface area contributed by atoms with Crippen molar-refractivity contribution in [3.05, 3.63) is 60.7 Å². The molecule has 2 rings (SSSR count). The van der Waals surface area contributed by atoms with Crippen molar-refractivity contribution in [3.8, 4) is 0 Å². The van der Waals surface area contributed by atoms with Gasteiger partial charge in [0.15, 0.2) is 0 Å². The lowest BCUT2D eigenvalue weighted by Gasteiger charge is -2.43. The standard InChI is InChI=1S/C22H30O4Si/c1-18(23)25-16-15-19(24)17-26-27(22(2,3)4,20-11-7-5-8-12-20)21-13-9-6-10-14-21/h5-14,19,24H,15-17H2,1-4H3. The third-order valence-electron chi connectivity index (χ3n) is 4.67. The highest BCUT2D eigenvalue weighted by atomic mass is 28.4. The maximum Gasteiger partial charge on any atom is 0.302 e. The zero-order valence-corrected chi connectivity index (χ0v) is 17.6. The first-order valence-corrected chi connectivity index (χ1v) is 11.2. The average molecular weight is 387 g/mol. The first-order chi connectivity index (χ1) is 12.8. The molecule has 1 atom stereocenters. The molecule has 0 saturated carbocycles. The molecule has 0 radical (unpaired) electrons. The van der Waals surface area contributed by atoms with Crippen molar-refractivity contribution >= 4 is 24.7 Å². The summed E-state index contributed by atoms with van der Waals surface area (Å²) in [4.78, 5) is 10.9. The molecule has 0 fully saturated rings. The maximum atomic E-state index is 10.9. The second-order valence-corrected chi connectivity index (χ2v) is 12.1. The Morgan fingerprint density at radius 1 is 1.00 bits per heavy atom. The van der Waals surface area contributed by atoms with Crippen LogP contribution in [0.4, 0.5) is 0 Å². The molecule has 1 N–H and O–H groups in total. The minimum absolute atomic E-state index is 0.134. The lowest BCUT2D eigenvalue weighted by Crippen LogP contribution is -2.67. The number of ether oxygens (including phenoxy) is 1. The van der Waals surface area contributed by atoms with Gasteiger partial charge in [-0.25, -0.2) is 0 Å². The largest absolute Gasteiger partial charge is 0.466 e. The highest BCUT2D eigenvalue weighted by Gasteiger charge is 2.50. The summed E-state index contributed by atoms with van der Waals surface area (Å²) in [7, 11) is -2.64. The zero-order valence-electron chi connectivity index (χ0n) is 16.6. The molecule has 2 aromatic carbocycles. The number of hydrogen-bond acceptors (Lipinski definition) is 4. The Balaban J connectivity index is 2.34. The third-order valence-corrected chi connectivity index (χ3v) is 9.67.